The van der Waals surface area contributed by atoms with Crippen molar-refractivity contribution in [3.05, 3.63) is 53.5 Å². The molecule has 17 heavy (non-hydrogen) atoms. The summed E-state index contributed by atoms with van der Waals surface area (Å²) in [5.74, 6) is 0.418. The SMILES string of the molecule is Cc1cnc(NCc2ccc(F)cc2)c(N)c1. The standard InChI is InChI=1S/C13H14FN3/c1-9-6-12(15)13(16-7-9)17-8-10-2-4-11(14)5-3-10/h2-7H,8,15H2,1H3,(H,16,17). The summed E-state index contributed by atoms with van der Waals surface area (Å²) in [5, 5.41) is 3.12. The summed E-state index contributed by atoms with van der Waals surface area (Å²) in [6.07, 6.45) is 1.75. The van der Waals surface area contributed by atoms with E-state index in [1.165, 1.54) is 12.1 Å². The predicted octanol–water partition coefficient (Wildman–Crippen LogP) is 2.72. The molecular weight excluding hydrogens is 217 g/mol. The number of nitrogen functional groups attached to an aromatic ring is 1. The average molecular weight is 231 g/mol. The number of pyridine rings is 1. The topological polar surface area (TPSA) is 50.9 Å². The van der Waals surface area contributed by atoms with Gasteiger partial charge in [0, 0.05) is 12.7 Å². The zero-order chi connectivity index (χ0) is 12.3. The van der Waals surface area contributed by atoms with Crippen LogP contribution < -0.4 is 11.1 Å². The van der Waals surface area contributed by atoms with E-state index in [1.807, 2.05) is 13.0 Å². The Morgan fingerprint density at radius 2 is 2.00 bits per heavy atom. The quantitative estimate of drug-likeness (QED) is 0.854. The second kappa shape index (κ2) is 4.82. The summed E-state index contributed by atoms with van der Waals surface area (Å²) < 4.78 is 12.7. The fraction of sp³-hybridized carbons (Fsp3) is 0.154. The van der Waals surface area contributed by atoms with Crippen LogP contribution in [0.5, 0.6) is 0 Å². The summed E-state index contributed by atoms with van der Waals surface area (Å²) >= 11 is 0. The molecule has 0 fully saturated rings. The number of aryl methyl sites for hydroxylation is 1. The molecule has 0 aliphatic carbocycles. The number of nitrogens with one attached hydrogen (secondary N) is 1. The van der Waals surface area contributed by atoms with Crippen LogP contribution in [0.3, 0.4) is 0 Å². The molecule has 0 unspecified atom stereocenters. The molecule has 3 N–H and O–H groups in total. The van der Waals surface area contributed by atoms with E-state index in [0.29, 0.717) is 18.1 Å². The van der Waals surface area contributed by atoms with E-state index in [-0.39, 0.29) is 5.82 Å². The monoisotopic (exact) mass is 231 g/mol. The minimum atomic E-state index is -0.235. The van der Waals surface area contributed by atoms with Crippen molar-refractivity contribution in [2.75, 3.05) is 11.1 Å². The summed E-state index contributed by atoms with van der Waals surface area (Å²) in [6, 6.07) is 8.19. The van der Waals surface area contributed by atoms with Gasteiger partial charge in [-0.3, -0.25) is 0 Å². The fourth-order valence-electron chi connectivity index (χ4n) is 1.53. The molecule has 0 spiro atoms. The lowest BCUT2D eigenvalue weighted by Crippen LogP contribution is -2.04. The lowest BCUT2D eigenvalue weighted by atomic mass is 10.2. The second-order valence-corrected chi connectivity index (χ2v) is 3.93. The molecule has 0 saturated heterocycles. The van der Waals surface area contributed by atoms with Gasteiger partial charge in [-0.2, -0.15) is 0 Å². The van der Waals surface area contributed by atoms with E-state index in [2.05, 4.69) is 10.3 Å². The number of hydrogen-bond acceptors (Lipinski definition) is 3. The number of halogens is 1. The van der Waals surface area contributed by atoms with E-state index in [0.717, 1.165) is 11.1 Å². The van der Waals surface area contributed by atoms with Gasteiger partial charge < -0.3 is 11.1 Å². The summed E-state index contributed by atoms with van der Waals surface area (Å²) in [6.45, 7) is 2.51. The third-order valence-corrected chi connectivity index (χ3v) is 2.43. The summed E-state index contributed by atoms with van der Waals surface area (Å²) in [7, 11) is 0. The van der Waals surface area contributed by atoms with Gasteiger partial charge in [0.1, 0.15) is 11.6 Å². The number of nitrogens with two attached hydrogens (primary N) is 1. The highest BCUT2D eigenvalue weighted by Gasteiger charge is 2.00. The maximum absolute atomic E-state index is 12.7. The number of anilines is 2. The number of hydrogen-bond donors (Lipinski definition) is 2. The van der Waals surface area contributed by atoms with Gasteiger partial charge in [-0.05, 0) is 36.2 Å². The van der Waals surface area contributed by atoms with E-state index in [1.54, 1.807) is 18.3 Å². The fourth-order valence-corrected chi connectivity index (χ4v) is 1.53. The predicted molar refractivity (Wildman–Crippen MR) is 67.1 cm³/mol. The Labute approximate surface area is 99.5 Å². The number of nitrogens with zero attached hydrogens (tertiary/aromatic N) is 1. The van der Waals surface area contributed by atoms with Crippen LogP contribution in [0.4, 0.5) is 15.9 Å². The van der Waals surface area contributed by atoms with Crippen LogP contribution in [0.15, 0.2) is 36.5 Å². The van der Waals surface area contributed by atoms with Crippen molar-refractivity contribution >= 4 is 11.5 Å². The highest BCUT2D eigenvalue weighted by atomic mass is 19.1. The van der Waals surface area contributed by atoms with Gasteiger partial charge in [0.05, 0.1) is 5.69 Å². The van der Waals surface area contributed by atoms with Crippen molar-refractivity contribution in [1.29, 1.82) is 0 Å². The van der Waals surface area contributed by atoms with Gasteiger partial charge in [0.2, 0.25) is 0 Å². The Bertz CT molecular complexity index is 509. The molecule has 3 nitrogen and oxygen atoms in total. The lowest BCUT2D eigenvalue weighted by molar-refractivity contribution is 0.627. The number of benzene rings is 1. The van der Waals surface area contributed by atoms with Gasteiger partial charge in [-0.1, -0.05) is 12.1 Å². The third-order valence-electron chi connectivity index (χ3n) is 2.43. The summed E-state index contributed by atoms with van der Waals surface area (Å²) in [4.78, 5) is 4.20. The van der Waals surface area contributed by atoms with Crippen molar-refractivity contribution in [3.63, 3.8) is 0 Å². The maximum Gasteiger partial charge on any atom is 0.149 e. The minimum Gasteiger partial charge on any atom is -0.396 e. The van der Waals surface area contributed by atoms with Gasteiger partial charge in [-0.25, -0.2) is 9.37 Å². The van der Waals surface area contributed by atoms with Crippen molar-refractivity contribution in [2.45, 2.75) is 13.5 Å². The number of rotatable bonds is 3. The zero-order valence-electron chi connectivity index (χ0n) is 9.57. The highest BCUT2D eigenvalue weighted by Crippen LogP contribution is 2.16. The Hall–Kier alpha value is -2.10. The molecule has 0 amide bonds. The molecule has 0 atom stereocenters. The van der Waals surface area contributed by atoms with Gasteiger partial charge in [0.25, 0.3) is 0 Å². The molecule has 0 radical (unpaired) electrons. The highest BCUT2D eigenvalue weighted by molar-refractivity contribution is 5.61. The van der Waals surface area contributed by atoms with Gasteiger partial charge >= 0.3 is 0 Å². The lowest BCUT2D eigenvalue weighted by Gasteiger charge is -2.08. The first kappa shape index (κ1) is 11.4. The van der Waals surface area contributed by atoms with Crippen molar-refractivity contribution in [1.82, 2.24) is 4.98 Å². The zero-order valence-corrected chi connectivity index (χ0v) is 9.57. The van der Waals surface area contributed by atoms with Crippen molar-refractivity contribution in [3.8, 4) is 0 Å². The smallest absolute Gasteiger partial charge is 0.149 e. The van der Waals surface area contributed by atoms with Crippen LogP contribution in [0.1, 0.15) is 11.1 Å². The molecule has 0 saturated carbocycles. The van der Waals surface area contributed by atoms with Crippen LogP contribution in [0, 0.1) is 12.7 Å². The van der Waals surface area contributed by atoms with Crippen molar-refractivity contribution in [2.24, 2.45) is 0 Å². The molecule has 0 aliphatic heterocycles. The first-order chi connectivity index (χ1) is 8.15. The molecule has 88 valence electrons. The molecular formula is C13H14FN3. The van der Waals surface area contributed by atoms with Crippen LogP contribution >= 0.6 is 0 Å². The van der Waals surface area contributed by atoms with E-state index in [4.69, 9.17) is 5.73 Å². The average Bonchev–Trinajstić information content (AvgIpc) is 2.30. The Morgan fingerprint density at radius 1 is 1.29 bits per heavy atom. The Morgan fingerprint density at radius 3 is 2.65 bits per heavy atom. The first-order valence-electron chi connectivity index (χ1n) is 5.35. The van der Waals surface area contributed by atoms with E-state index < -0.39 is 0 Å². The molecule has 0 bridgehead atoms. The molecule has 1 aromatic heterocycles. The molecule has 0 aliphatic rings. The second-order valence-electron chi connectivity index (χ2n) is 3.93. The van der Waals surface area contributed by atoms with Gasteiger partial charge in [0.15, 0.2) is 0 Å². The van der Waals surface area contributed by atoms with Crippen LogP contribution in [0.25, 0.3) is 0 Å². The third kappa shape index (κ3) is 2.93. The molecule has 4 heteroatoms. The van der Waals surface area contributed by atoms with E-state index in [9.17, 15) is 4.39 Å². The normalized spacial score (nSPS) is 10.2. The van der Waals surface area contributed by atoms with E-state index >= 15 is 0 Å². The number of aromatic nitrogens is 1. The van der Waals surface area contributed by atoms with Crippen LogP contribution in [-0.2, 0) is 6.54 Å². The van der Waals surface area contributed by atoms with Crippen molar-refractivity contribution < 1.29 is 4.39 Å². The molecule has 1 aromatic carbocycles. The Balaban J connectivity index is 2.04. The maximum atomic E-state index is 12.7. The Kier molecular flexibility index (Phi) is 3.23. The van der Waals surface area contributed by atoms with Crippen LogP contribution in [0.2, 0.25) is 0 Å². The van der Waals surface area contributed by atoms with Gasteiger partial charge in [-0.15, -0.1) is 0 Å². The first-order valence-corrected chi connectivity index (χ1v) is 5.35. The van der Waals surface area contributed by atoms with Crippen LogP contribution in [-0.4, -0.2) is 4.98 Å². The minimum absolute atomic E-state index is 0.235. The largest absolute Gasteiger partial charge is 0.396 e. The summed E-state index contributed by atoms with van der Waals surface area (Å²) in [5.41, 5.74) is 8.45. The molecule has 2 rings (SSSR count). The molecule has 2 aromatic rings. The molecule has 1 heterocycles.